The van der Waals surface area contributed by atoms with Gasteiger partial charge >= 0.3 is 0 Å². The lowest BCUT2D eigenvalue weighted by Crippen LogP contribution is -2.33. The highest BCUT2D eigenvalue weighted by Gasteiger charge is 2.32. The number of nitrogens with one attached hydrogen (secondary N) is 1. The third kappa shape index (κ3) is 3.02. The molecule has 0 heterocycles. The molecule has 1 unspecified atom stereocenters. The zero-order valence-corrected chi connectivity index (χ0v) is 11.4. The Balaban J connectivity index is 2.04. The molecule has 1 aliphatic carbocycles. The Morgan fingerprint density at radius 2 is 2.22 bits per heavy atom. The zero-order valence-electron chi connectivity index (χ0n) is 10.6. The average molecular weight is 270 g/mol. The van der Waals surface area contributed by atoms with E-state index in [1.807, 2.05) is 0 Å². The molecule has 1 atom stereocenters. The molecule has 0 spiro atoms. The quantitative estimate of drug-likeness (QED) is 0.870. The van der Waals surface area contributed by atoms with Gasteiger partial charge in [0.15, 0.2) is 0 Å². The predicted molar refractivity (Wildman–Crippen MR) is 70.3 cm³/mol. The molecule has 2 nitrogen and oxygen atoms in total. The Morgan fingerprint density at radius 3 is 2.78 bits per heavy atom. The molecule has 98 valence electrons. The molecule has 1 aliphatic rings. The minimum atomic E-state index is -0.432. The highest BCUT2D eigenvalue weighted by Crippen LogP contribution is 2.37. The second-order valence-corrected chi connectivity index (χ2v) is 6.11. The highest BCUT2D eigenvalue weighted by atomic mass is 35.5. The van der Waals surface area contributed by atoms with E-state index in [4.69, 9.17) is 11.6 Å². The monoisotopic (exact) mass is 269 g/mol. The number of benzene rings is 1. The summed E-state index contributed by atoms with van der Waals surface area (Å²) in [6.45, 7) is 4.40. The van der Waals surface area contributed by atoms with Crippen molar-refractivity contribution < 1.29 is 9.18 Å². The van der Waals surface area contributed by atoms with Gasteiger partial charge in [-0.2, -0.15) is 0 Å². The maximum absolute atomic E-state index is 12.9. The van der Waals surface area contributed by atoms with Gasteiger partial charge in [0.25, 0.3) is 5.91 Å². The fourth-order valence-corrected chi connectivity index (χ4v) is 2.75. The lowest BCUT2D eigenvalue weighted by molar-refractivity contribution is 0.0936. The van der Waals surface area contributed by atoms with Crippen LogP contribution < -0.4 is 5.32 Å². The van der Waals surface area contributed by atoms with Gasteiger partial charge in [0.05, 0.1) is 10.6 Å². The molecule has 0 aliphatic heterocycles. The summed E-state index contributed by atoms with van der Waals surface area (Å²) in [5, 5.41) is 3.12. The Labute approximate surface area is 112 Å². The van der Waals surface area contributed by atoms with Crippen molar-refractivity contribution in [3.63, 3.8) is 0 Å². The smallest absolute Gasteiger partial charge is 0.253 e. The van der Waals surface area contributed by atoms with Gasteiger partial charge in [0.1, 0.15) is 5.82 Å². The minimum Gasteiger partial charge on any atom is -0.349 e. The molecule has 4 heteroatoms. The van der Waals surface area contributed by atoms with Crippen LogP contribution in [0.15, 0.2) is 18.2 Å². The van der Waals surface area contributed by atoms with Crippen LogP contribution in [0.1, 0.15) is 43.5 Å². The molecule has 1 N–H and O–H groups in total. The summed E-state index contributed by atoms with van der Waals surface area (Å²) in [7, 11) is 0. The molecule has 18 heavy (non-hydrogen) atoms. The molecule has 2 rings (SSSR count). The molecule has 0 aromatic heterocycles. The zero-order chi connectivity index (χ0) is 13.3. The van der Waals surface area contributed by atoms with E-state index in [9.17, 15) is 9.18 Å². The molecule has 1 saturated carbocycles. The van der Waals surface area contributed by atoms with E-state index in [2.05, 4.69) is 19.2 Å². The van der Waals surface area contributed by atoms with Crippen molar-refractivity contribution in [2.24, 2.45) is 5.41 Å². The second kappa shape index (κ2) is 4.88. The first-order valence-electron chi connectivity index (χ1n) is 6.13. The van der Waals surface area contributed by atoms with Gasteiger partial charge in [-0.05, 0) is 42.9 Å². The maximum Gasteiger partial charge on any atom is 0.253 e. The van der Waals surface area contributed by atoms with Crippen LogP contribution in [0, 0.1) is 11.2 Å². The van der Waals surface area contributed by atoms with Crippen LogP contribution in [0.5, 0.6) is 0 Å². The lowest BCUT2D eigenvalue weighted by Gasteiger charge is -2.18. The van der Waals surface area contributed by atoms with Crippen LogP contribution in [0.2, 0.25) is 5.02 Å². The highest BCUT2D eigenvalue weighted by molar-refractivity contribution is 6.33. The molecule has 1 aromatic rings. The summed E-state index contributed by atoms with van der Waals surface area (Å²) in [6.07, 6.45) is 3.06. The second-order valence-electron chi connectivity index (χ2n) is 5.70. The predicted octanol–water partition coefficient (Wildman–Crippen LogP) is 3.79. The first-order valence-corrected chi connectivity index (χ1v) is 6.51. The van der Waals surface area contributed by atoms with Crippen LogP contribution in [0.25, 0.3) is 0 Å². The number of rotatable bonds is 2. The molecular formula is C14H17ClFNO. The number of amides is 1. The van der Waals surface area contributed by atoms with Crippen molar-refractivity contribution in [2.45, 2.75) is 39.2 Å². The molecule has 1 aromatic carbocycles. The number of carbonyl (C=O) groups excluding carboxylic acids is 1. The van der Waals surface area contributed by atoms with Crippen molar-refractivity contribution in [1.29, 1.82) is 0 Å². The van der Waals surface area contributed by atoms with E-state index >= 15 is 0 Å². The van der Waals surface area contributed by atoms with Gasteiger partial charge in [-0.3, -0.25) is 4.79 Å². The Kier molecular flexibility index (Phi) is 3.62. The molecule has 1 amide bonds. The van der Waals surface area contributed by atoms with Crippen LogP contribution in [-0.2, 0) is 0 Å². The van der Waals surface area contributed by atoms with E-state index < -0.39 is 5.82 Å². The summed E-state index contributed by atoms with van der Waals surface area (Å²) in [5.41, 5.74) is 0.618. The number of halogens is 2. The van der Waals surface area contributed by atoms with Gasteiger partial charge < -0.3 is 5.32 Å². The van der Waals surface area contributed by atoms with Gasteiger partial charge in [0.2, 0.25) is 0 Å². The van der Waals surface area contributed by atoms with E-state index in [-0.39, 0.29) is 22.4 Å². The normalized spacial score (nSPS) is 21.9. The SMILES string of the molecule is CC1(C)CCC(NC(=O)c2ccc(F)cc2Cl)C1. The number of carbonyl (C=O) groups is 1. The third-order valence-electron chi connectivity index (χ3n) is 3.48. The van der Waals surface area contributed by atoms with Crippen molar-refractivity contribution in [2.75, 3.05) is 0 Å². The average Bonchev–Trinajstić information content (AvgIpc) is 2.57. The fraction of sp³-hybridized carbons (Fsp3) is 0.500. The number of hydrogen-bond acceptors (Lipinski definition) is 1. The Bertz CT molecular complexity index is 473. The largest absolute Gasteiger partial charge is 0.349 e. The van der Waals surface area contributed by atoms with E-state index in [0.717, 1.165) is 25.3 Å². The Hall–Kier alpha value is -1.09. The van der Waals surface area contributed by atoms with Gasteiger partial charge in [-0.1, -0.05) is 25.4 Å². The first kappa shape index (κ1) is 13.3. The summed E-state index contributed by atoms with van der Waals surface area (Å²) >= 11 is 5.87. The van der Waals surface area contributed by atoms with Gasteiger partial charge in [-0.15, -0.1) is 0 Å². The number of hydrogen-bond donors (Lipinski definition) is 1. The maximum atomic E-state index is 12.9. The third-order valence-corrected chi connectivity index (χ3v) is 3.79. The van der Waals surface area contributed by atoms with Crippen LogP contribution in [-0.4, -0.2) is 11.9 Å². The topological polar surface area (TPSA) is 29.1 Å². The summed E-state index contributed by atoms with van der Waals surface area (Å²) in [5.74, 6) is -0.652. The summed E-state index contributed by atoms with van der Waals surface area (Å²) in [4.78, 5) is 12.0. The van der Waals surface area contributed by atoms with Crippen molar-refractivity contribution in [3.05, 3.63) is 34.6 Å². The molecule has 0 saturated heterocycles. The molecular weight excluding hydrogens is 253 g/mol. The van der Waals surface area contributed by atoms with Crippen molar-refractivity contribution in [3.8, 4) is 0 Å². The van der Waals surface area contributed by atoms with Crippen LogP contribution >= 0.6 is 11.6 Å². The first-order chi connectivity index (χ1) is 8.37. The lowest BCUT2D eigenvalue weighted by atomic mass is 9.92. The van der Waals surface area contributed by atoms with E-state index in [1.54, 1.807) is 0 Å². The fourth-order valence-electron chi connectivity index (χ4n) is 2.50. The van der Waals surface area contributed by atoms with Gasteiger partial charge in [0, 0.05) is 6.04 Å². The van der Waals surface area contributed by atoms with E-state index in [0.29, 0.717) is 5.56 Å². The van der Waals surface area contributed by atoms with Crippen LogP contribution in [0.3, 0.4) is 0 Å². The van der Waals surface area contributed by atoms with Crippen molar-refractivity contribution >= 4 is 17.5 Å². The molecule has 0 radical (unpaired) electrons. The van der Waals surface area contributed by atoms with Gasteiger partial charge in [-0.25, -0.2) is 4.39 Å². The van der Waals surface area contributed by atoms with E-state index in [1.165, 1.54) is 12.1 Å². The summed E-state index contributed by atoms with van der Waals surface area (Å²) < 4.78 is 12.9. The minimum absolute atomic E-state index is 0.157. The molecule has 0 bridgehead atoms. The summed E-state index contributed by atoms with van der Waals surface area (Å²) in [6, 6.07) is 4.02. The molecule has 1 fully saturated rings. The Morgan fingerprint density at radius 1 is 1.50 bits per heavy atom. The van der Waals surface area contributed by atoms with Crippen molar-refractivity contribution in [1.82, 2.24) is 5.32 Å². The standard InChI is InChI=1S/C14H17ClFNO/c1-14(2)6-5-10(8-14)17-13(18)11-4-3-9(16)7-12(11)15/h3-4,7,10H,5-6,8H2,1-2H3,(H,17,18). The van der Waals surface area contributed by atoms with Crippen LogP contribution in [0.4, 0.5) is 4.39 Å².